The SMILES string of the molecule is CC1CN(C(=O)Nc2ccc(F)cc2F)CC1c1nc(-c2ccccc2)no1. The van der Waals surface area contributed by atoms with Gasteiger partial charge in [-0.2, -0.15) is 4.98 Å². The molecule has 2 amide bonds. The predicted octanol–water partition coefficient (Wildman–Crippen LogP) is 4.28. The van der Waals surface area contributed by atoms with Crippen LogP contribution in [0.5, 0.6) is 0 Å². The fraction of sp³-hybridized carbons (Fsp3) is 0.250. The third kappa shape index (κ3) is 3.58. The molecule has 0 saturated carbocycles. The van der Waals surface area contributed by atoms with E-state index in [1.165, 1.54) is 6.07 Å². The number of nitrogens with zero attached hydrogens (tertiary/aromatic N) is 3. The van der Waals surface area contributed by atoms with Crippen LogP contribution in [0.1, 0.15) is 18.7 Å². The second-order valence-corrected chi connectivity index (χ2v) is 6.87. The number of rotatable bonds is 3. The number of urea groups is 1. The molecule has 6 nitrogen and oxygen atoms in total. The van der Waals surface area contributed by atoms with Crippen molar-refractivity contribution in [2.75, 3.05) is 18.4 Å². The Labute approximate surface area is 160 Å². The van der Waals surface area contributed by atoms with E-state index in [-0.39, 0.29) is 17.5 Å². The first-order valence-corrected chi connectivity index (χ1v) is 8.91. The average Bonchev–Trinajstić information content (AvgIpc) is 3.31. The minimum absolute atomic E-state index is 0.0633. The molecule has 1 aliphatic heterocycles. The van der Waals surface area contributed by atoms with Gasteiger partial charge in [0.1, 0.15) is 11.6 Å². The summed E-state index contributed by atoms with van der Waals surface area (Å²) >= 11 is 0. The summed E-state index contributed by atoms with van der Waals surface area (Å²) in [6, 6.07) is 12.0. The Balaban J connectivity index is 1.46. The standard InChI is InChI=1S/C20H18F2N4O2/c1-12-10-26(20(27)23-17-8-7-14(21)9-16(17)22)11-15(12)19-24-18(25-28-19)13-5-3-2-4-6-13/h2-9,12,15H,10-11H2,1H3,(H,23,27). The predicted molar refractivity (Wildman–Crippen MR) is 98.6 cm³/mol. The number of hydrogen-bond donors (Lipinski definition) is 1. The summed E-state index contributed by atoms with van der Waals surface area (Å²) in [5, 5.41) is 6.51. The molecule has 4 rings (SSSR count). The van der Waals surface area contributed by atoms with Gasteiger partial charge in [-0.1, -0.05) is 42.4 Å². The second kappa shape index (κ2) is 7.38. The van der Waals surface area contributed by atoms with Gasteiger partial charge in [0.2, 0.25) is 11.7 Å². The lowest BCUT2D eigenvalue weighted by Crippen LogP contribution is -2.33. The highest BCUT2D eigenvalue weighted by molar-refractivity contribution is 5.89. The molecule has 2 aromatic carbocycles. The van der Waals surface area contributed by atoms with Crippen LogP contribution in [-0.4, -0.2) is 34.2 Å². The smallest absolute Gasteiger partial charge is 0.321 e. The Bertz CT molecular complexity index is 993. The maximum atomic E-state index is 13.8. The third-order valence-electron chi connectivity index (χ3n) is 4.86. The molecule has 2 heterocycles. The largest absolute Gasteiger partial charge is 0.339 e. The highest BCUT2D eigenvalue weighted by Crippen LogP contribution is 2.33. The average molecular weight is 384 g/mol. The number of likely N-dealkylation sites (tertiary alicyclic amines) is 1. The molecular formula is C20H18F2N4O2. The highest BCUT2D eigenvalue weighted by Gasteiger charge is 2.37. The van der Waals surface area contributed by atoms with Crippen LogP contribution in [0.2, 0.25) is 0 Å². The van der Waals surface area contributed by atoms with Gasteiger partial charge in [0.15, 0.2) is 0 Å². The third-order valence-corrected chi connectivity index (χ3v) is 4.86. The Hall–Kier alpha value is -3.29. The quantitative estimate of drug-likeness (QED) is 0.732. The number of aromatic nitrogens is 2. The van der Waals surface area contributed by atoms with E-state index in [1.54, 1.807) is 4.90 Å². The summed E-state index contributed by atoms with van der Waals surface area (Å²) in [5.41, 5.74) is 0.788. The van der Waals surface area contributed by atoms with E-state index < -0.39 is 17.7 Å². The van der Waals surface area contributed by atoms with Crippen molar-refractivity contribution >= 4 is 11.7 Å². The van der Waals surface area contributed by atoms with Gasteiger partial charge in [-0.05, 0) is 18.1 Å². The first-order chi connectivity index (χ1) is 13.5. The summed E-state index contributed by atoms with van der Waals surface area (Å²) in [5.74, 6) is -0.576. The number of carbonyl (C=O) groups excluding carboxylic acids is 1. The van der Waals surface area contributed by atoms with Gasteiger partial charge in [0.05, 0.1) is 11.6 Å². The number of hydrogen-bond acceptors (Lipinski definition) is 4. The fourth-order valence-electron chi connectivity index (χ4n) is 3.33. The number of nitrogens with one attached hydrogen (secondary N) is 1. The fourth-order valence-corrected chi connectivity index (χ4v) is 3.33. The Morgan fingerprint density at radius 2 is 1.96 bits per heavy atom. The van der Waals surface area contributed by atoms with Gasteiger partial charge < -0.3 is 14.7 Å². The van der Waals surface area contributed by atoms with Crippen LogP contribution < -0.4 is 5.32 Å². The van der Waals surface area contributed by atoms with Crippen molar-refractivity contribution in [3.8, 4) is 11.4 Å². The summed E-state index contributed by atoms with van der Waals surface area (Å²) in [6.45, 7) is 2.82. The van der Waals surface area contributed by atoms with E-state index in [9.17, 15) is 13.6 Å². The molecule has 0 bridgehead atoms. The van der Waals surface area contributed by atoms with Gasteiger partial charge in [-0.15, -0.1) is 0 Å². The molecule has 28 heavy (non-hydrogen) atoms. The van der Waals surface area contributed by atoms with Crippen molar-refractivity contribution in [2.24, 2.45) is 5.92 Å². The second-order valence-electron chi connectivity index (χ2n) is 6.87. The summed E-state index contributed by atoms with van der Waals surface area (Å²) in [6.07, 6.45) is 0. The molecule has 1 N–H and O–H groups in total. The molecular weight excluding hydrogens is 366 g/mol. The van der Waals surface area contributed by atoms with Crippen molar-refractivity contribution in [1.29, 1.82) is 0 Å². The molecule has 3 aromatic rings. The summed E-state index contributed by atoms with van der Waals surface area (Å²) in [7, 11) is 0. The van der Waals surface area contributed by atoms with Crippen LogP contribution >= 0.6 is 0 Å². The van der Waals surface area contributed by atoms with Crippen molar-refractivity contribution in [3.05, 3.63) is 66.1 Å². The minimum atomic E-state index is -0.818. The monoisotopic (exact) mass is 384 g/mol. The van der Waals surface area contributed by atoms with Crippen LogP contribution in [0.3, 0.4) is 0 Å². The maximum Gasteiger partial charge on any atom is 0.321 e. The molecule has 8 heteroatoms. The van der Waals surface area contributed by atoms with Gasteiger partial charge in [-0.3, -0.25) is 0 Å². The number of benzene rings is 2. The Morgan fingerprint density at radius 3 is 2.71 bits per heavy atom. The van der Waals surface area contributed by atoms with Crippen molar-refractivity contribution in [1.82, 2.24) is 15.0 Å². The topological polar surface area (TPSA) is 71.3 Å². The van der Waals surface area contributed by atoms with E-state index in [4.69, 9.17) is 4.52 Å². The van der Waals surface area contributed by atoms with Gasteiger partial charge in [0, 0.05) is 24.7 Å². The first kappa shape index (κ1) is 18.1. The van der Waals surface area contributed by atoms with Crippen LogP contribution in [-0.2, 0) is 0 Å². The summed E-state index contributed by atoms with van der Waals surface area (Å²) < 4.78 is 32.2. The van der Waals surface area contributed by atoms with E-state index in [0.29, 0.717) is 24.8 Å². The van der Waals surface area contributed by atoms with Crippen molar-refractivity contribution in [3.63, 3.8) is 0 Å². The van der Waals surface area contributed by atoms with Crippen LogP contribution in [0, 0.1) is 17.6 Å². The van der Waals surface area contributed by atoms with Crippen molar-refractivity contribution in [2.45, 2.75) is 12.8 Å². The zero-order valence-corrected chi connectivity index (χ0v) is 15.1. The lowest BCUT2D eigenvalue weighted by Gasteiger charge is -2.17. The van der Waals surface area contributed by atoms with Crippen LogP contribution in [0.15, 0.2) is 53.1 Å². The van der Waals surface area contributed by atoms with E-state index in [1.807, 2.05) is 37.3 Å². The van der Waals surface area contributed by atoms with E-state index in [2.05, 4.69) is 15.5 Å². The van der Waals surface area contributed by atoms with E-state index >= 15 is 0 Å². The van der Waals surface area contributed by atoms with Crippen LogP contribution in [0.4, 0.5) is 19.3 Å². The number of halogens is 2. The Kier molecular flexibility index (Phi) is 4.77. The zero-order valence-electron chi connectivity index (χ0n) is 15.1. The van der Waals surface area contributed by atoms with Gasteiger partial charge in [-0.25, -0.2) is 13.6 Å². The van der Waals surface area contributed by atoms with E-state index in [0.717, 1.165) is 17.7 Å². The van der Waals surface area contributed by atoms with Gasteiger partial charge >= 0.3 is 6.03 Å². The molecule has 1 saturated heterocycles. The molecule has 0 spiro atoms. The summed E-state index contributed by atoms with van der Waals surface area (Å²) in [4.78, 5) is 18.5. The molecule has 1 aromatic heterocycles. The molecule has 144 valence electrons. The van der Waals surface area contributed by atoms with Crippen molar-refractivity contribution < 1.29 is 18.1 Å². The minimum Gasteiger partial charge on any atom is -0.339 e. The number of carbonyl (C=O) groups is 1. The molecule has 2 unspecified atom stereocenters. The lowest BCUT2D eigenvalue weighted by atomic mass is 9.98. The molecule has 0 aliphatic carbocycles. The first-order valence-electron chi connectivity index (χ1n) is 8.91. The molecule has 0 radical (unpaired) electrons. The Morgan fingerprint density at radius 1 is 1.18 bits per heavy atom. The lowest BCUT2D eigenvalue weighted by molar-refractivity contribution is 0.220. The normalized spacial score (nSPS) is 19.0. The highest BCUT2D eigenvalue weighted by atomic mass is 19.1. The van der Waals surface area contributed by atoms with Gasteiger partial charge in [0.25, 0.3) is 0 Å². The zero-order chi connectivity index (χ0) is 19.7. The number of anilines is 1. The number of amides is 2. The maximum absolute atomic E-state index is 13.8. The molecule has 2 atom stereocenters. The van der Waals surface area contributed by atoms with Crippen LogP contribution in [0.25, 0.3) is 11.4 Å². The molecule has 1 fully saturated rings. The molecule has 1 aliphatic rings.